The molecule has 134 valence electrons. The Morgan fingerprint density at radius 2 is 1.92 bits per heavy atom. The molecule has 0 aliphatic carbocycles. The number of nitrogens with zero attached hydrogens (tertiary/aromatic N) is 3. The highest BCUT2D eigenvalue weighted by Gasteiger charge is 2.10. The maximum atomic E-state index is 9.29. The van der Waals surface area contributed by atoms with Crippen LogP contribution in [0.3, 0.4) is 0 Å². The van der Waals surface area contributed by atoms with Gasteiger partial charge < -0.3 is 15.7 Å². The largest absolute Gasteiger partial charge is 0.394 e. The lowest BCUT2D eigenvalue weighted by molar-refractivity contribution is 0.281. The summed E-state index contributed by atoms with van der Waals surface area (Å²) in [5.41, 5.74) is 2.41. The maximum absolute atomic E-state index is 9.29. The molecule has 1 aromatic carbocycles. The zero-order valence-electron chi connectivity index (χ0n) is 13.9. The summed E-state index contributed by atoms with van der Waals surface area (Å²) in [6.07, 6.45) is 3.42. The second-order valence-corrected chi connectivity index (χ2v) is 7.33. The Hall–Kier alpha value is -1.97. The van der Waals surface area contributed by atoms with Crippen LogP contribution in [0.2, 0.25) is 5.02 Å². The minimum absolute atomic E-state index is 0.0193. The number of anilines is 3. The molecular formula is C18H17ClIN5O. The molecule has 0 bridgehead atoms. The zero-order chi connectivity index (χ0) is 18.5. The lowest BCUT2D eigenvalue weighted by Crippen LogP contribution is -2.21. The standard InChI is InChI=1S/C18H17ClIN5O/c1-11(10-26)22-18-24-16(12-4-6-21-7-5-12)9-17(25-18)23-15-3-2-13(20)8-14(15)19/h2-9,11,26H,10H2,1H3,(H2,22,23,24,25)/t11-/m1/s1. The third-order valence-corrected chi connectivity index (χ3v) is 4.53. The van der Waals surface area contributed by atoms with Crippen molar-refractivity contribution in [1.29, 1.82) is 0 Å². The quantitative estimate of drug-likeness (QED) is 0.455. The molecule has 0 unspecified atom stereocenters. The van der Waals surface area contributed by atoms with Crippen molar-refractivity contribution in [3.8, 4) is 11.3 Å². The first kappa shape index (κ1) is 18.8. The van der Waals surface area contributed by atoms with E-state index >= 15 is 0 Å². The van der Waals surface area contributed by atoms with Gasteiger partial charge in [0.15, 0.2) is 0 Å². The van der Waals surface area contributed by atoms with Gasteiger partial charge in [-0.25, -0.2) is 4.98 Å². The fraction of sp³-hybridized carbons (Fsp3) is 0.167. The minimum Gasteiger partial charge on any atom is -0.394 e. The van der Waals surface area contributed by atoms with Crippen LogP contribution >= 0.6 is 34.2 Å². The molecule has 1 atom stereocenters. The van der Waals surface area contributed by atoms with Gasteiger partial charge in [-0.3, -0.25) is 4.98 Å². The number of hydrogen-bond acceptors (Lipinski definition) is 6. The van der Waals surface area contributed by atoms with Gasteiger partial charge in [-0.2, -0.15) is 4.98 Å². The van der Waals surface area contributed by atoms with Crippen LogP contribution in [0.5, 0.6) is 0 Å². The Labute approximate surface area is 170 Å². The predicted molar refractivity (Wildman–Crippen MR) is 113 cm³/mol. The first-order valence-corrected chi connectivity index (χ1v) is 9.40. The van der Waals surface area contributed by atoms with E-state index in [1.165, 1.54) is 0 Å². The summed E-state index contributed by atoms with van der Waals surface area (Å²) < 4.78 is 1.05. The first-order valence-electron chi connectivity index (χ1n) is 7.94. The molecule has 26 heavy (non-hydrogen) atoms. The highest BCUT2D eigenvalue weighted by atomic mass is 127. The number of halogens is 2. The van der Waals surface area contributed by atoms with Gasteiger partial charge in [-0.15, -0.1) is 0 Å². The number of pyridine rings is 1. The SMILES string of the molecule is C[C@H](CO)Nc1nc(Nc2ccc(I)cc2Cl)cc(-c2ccncc2)n1. The van der Waals surface area contributed by atoms with Gasteiger partial charge in [0.1, 0.15) is 5.82 Å². The second-order valence-electron chi connectivity index (χ2n) is 5.68. The van der Waals surface area contributed by atoms with Gasteiger partial charge in [0.2, 0.25) is 5.95 Å². The minimum atomic E-state index is -0.169. The first-order chi connectivity index (χ1) is 12.5. The topological polar surface area (TPSA) is 83.0 Å². The number of rotatable bonds is 6. The van der Waals surface area contributed by atoms with Crippen LogP contribution in [-0.2, 0) is 0 Å². The van der Waals surface area contributed by atoms with Gasteiger partial charge in [0, 0.05) is 33.6 Å². The third kappa shape index (κ3) is 4.80. The molecular weight excluding hydrogens is 465 g/mol. The number of aromatic nitrogens is 3. The normalized spacial score (nSPS) is 11.8. The molecule has 0 spiro atoms. The molecule has 0 saturated carbocycles. The summed E-state index contributed by atoms with van der Waals surface area (Å²) in [7, 11) is 0. The van der Waals surface area contributed by atoms with Gasteiger partial charge in [0.25, 0.3) is 0 Å². The van der Waals surface area contributed by atoms with Crippen LogP contribution in [0.4, 0.5) is 17.5 Å². The molecule has 3 rings (SSSR count). The van der Waals surface area contributed by atoms with Crippen molar-refractivity contribution in [3.05, 3.63) is 57.4 Å². The molecule has 6 nitrogen and oxygen atoms in total. The van der Waals surface area contributed by atoms with Gasteiger partial charge in [0.05, 0.1) is 23.0 Å². The van der Waals surface area contributed by atoms with E-state index in [1.807, 2.05) is 43.3 Å². The van der Waals surface area contributed by atoms with Crippen LogP contribution in [0.25, 0.3) is 11.3 Å². The Morgan fingerprint density at radius 3 is 2.62 bits per heavy atom. The fourth-order valence-corrected chi connectivity index (χ4v) is 3.14. The van der Waals surface area contributed by atoms with E-state index in [1.54, 1.807) is 12.4 Å². The van der Waals surface area contributed by atoms with Crippen LogP contribution in [-0.4, -0.2) is 32.7 Å². The van der Waals surface area contributed by atoms with E-state index in [9.17, 15) is 5.11 Å². The molecule has 3 aromatic rings. The van der Waals surface area contributed by atoms with E-state index in [0.29, 0.717) is 16.8 Å². The fourth-order valence-electron chi connectivity index (χ4n) is 2.24. The van der Waals surface area contributed by atoms with E-state index < -0.39 is 0 Å². The Balaban J connectivity index is 1.98. The lowest BCUT2D eigenvalue weighted by atomic mass is 10.2. The van der Waals surface area contributed by atoms with E-state index in [-0.39, 0.29) is 12.6 Å². The van der Waals surface area contributed by atoms with Crippen molar-refractivity contribution in [2.45, 2.75) is 13.0 Å². The molecule has 8 heteroatoms. The summed E-state index contributed by atoms with van der Waals surface area (Å²) in [6, 6.07) is 11.2. The highest BCUT2D eigenvalue weighted by molar-refractivity contribution is 14.1. The summed E-state index contributed by atoms with van der Waals surface area (Å²) >= 11 is 8.53. The molecule has 3 N–H and O–H groups in total. The van der Waals surface area contributed by atoms with Crippen molar-refractivity contribution in [1.82, 2.24) is 15.0 Å². The van der Waals surface area contributed by atoms with Crippen molar-refractivity contribution < 1.29 is 5.11 Å². The Bertz CT molecular complexity index is 894. The monoisotopic (exact) mass is 481 g/mol. The molecule has 2 heterocycles. The van der Waals surface area contributed by atoms with E-state index in [2.05, 4.69) is 48.2 Å². The molecule has 0 saturated heterocycles. The number of nitrogens with one attached hydrogen (secondary N) is 2. The zero-order valence-corrected chi connectivity index (χ0v) is 16.9. The Kier molecular flexibility index (Phi) is 6.23. The summed E-state index contributed by atoms with van der Waals surface area (Å²) in [6.45, 7) is 1.83. The predicted octanol–water partition coefficient (Wildman–Crippen LogP) is 4.33. The maximum Gasteiger partial charge on any atom is 0.225 e. The Morgan fingerprint density at radius 1 is 1.15 bits per heavy atom. The summed E-state index contributed by atoms with van der Waals surface area (Å²) in [5, 5.41) is 16.2. The van der Waals surface area contributed by atoms with Gasteiger partial charge in [-0.1, -0.05) is 11.6 Å². The molecule has 0 aliphatic rings. The van der Waals surface area contributed by atoms with Crippen LogP contribution in [0.1, 0.15) is 6.92 Å². The number of hydrogen-bond donors (Lipinski definition) is 3. The molecule has 0 fully saturated rings. The molecule has 2 aromatic heterocycles. The number of benzene rings is 1. The summed E-state index contributed by atoms with van der Waals surface area (Å²) in [5.74, 6) is 1.02. The molecule has 0 radical (unpaired) electrons. The van der Waals surface area contributed by atoms with Gasteiger partial charge >= 0.3 is 0 Å². The average molecular weight is 482 g/mol. The van der Waals surface area contributed by atoms with E-state index in [0.717, 1.165) is 20.5 Å². The molecule has 0 amide bonds. The number of aliphatic hydroxyl groups excluding tert-OH is 1. The van der Waals surface area contributed by atoms with Crippen LogP contribution in [0.15, 0.2) is 48.8 Å². The average Bonchev–Trinajstić information content (AvgIpc) is 2.64. The third-order valence-electron chi connectivity index (χ3n) is 3.55. The van der Waals surface area contributed by atoms with Crippen molar-refractivity contribution >= 4 is 51.6 Å². The van der Waals surface area contributed by atoms with Crippen molar-refractivity contribution in [2.75, 3.05) is 17.2 Å². The lowest BCUT2D eigenvalue weighted by Gasteiger charge is -2.15. The number of aliphatic hydroxyl groups is 1. The van der Waals surface area contributed by atoms with Crippen LogP contribution < -0.4 is 10.6 Å². The van der Waals surface area contributed by atoms with Gasteiger partial charge in [-0.05, 0) is 59.8 Å². The second kappa shape index (κ2) is 8.61. The van der Waals surface area contributed by atoms with Crippen molar-refractivity contribution in [3.63, 3.8) is 0 Å². The highest BCUT2D eigenvalue weighted by Crippen LogP contribution is 2.28. The van der Waals surface area contributed by atoms with Crippen molar-refractivity contribution in [2.24, 2.45) is 0 Å². The summed E-state index contributed by atoms with van der Waals surface area (Å²) in [4.78, 5) is 13.1. The molecule has 0 aliphatic heterocycles. The van der Waals surface area contributed by atoms with Crippen LogP contribution in [0, 0.1) is 3.57 Å². The van der Waals surface area contributed by atoms with E-state index in [4.69, 9.17) is 11.6 Å². The smallest absolute Gasteiger partial charge is 0.225 e.